The summed E-state index contributed by atoms with van der Waals surface area (Å²) in [6.45, 7) is 6.32. The molecule has 2 N–H and O–H groups in total. The second kappa shape index (κ2) is 7.48. The van der Waals surface area contributed by atoms with E-state index in [1.807, 2.05) is 18.2 Å². The van der Waals surface area contributed by atoms with Gasteiger partial charge in [-0.2, -0.15) is 0 Å². The van der Waals surface area contributed by atoms with Crippen LogP contribution < -0.4 is 10.1 Å². The van der Waals surface area contributed by atoms with Crippen LogP contribution in [-0.4, -0.2) is 23.9 Å². The van der Waals surface area contributed by atoms with Crippen molar-refractivity contribution < 1.29 is 9.84 Å². The van der Waals surface area contributed by atoms with Gasteiger partial charge in [0.25, 0.3) is 0 Å². The smallest absolute Gasteiger partial charge is 0.125 e. The van der Waals surface area contributed by atoms with Crippen molar-refractivity contribution in [3.63, 3.8) is 0 Å². The van der Waals surface area contributed by atoms with Crippen molar-refractivity contribution in [3.05, 3.63) is 28.8 Å². The van der Waals surface area contributed by atoms with E-state index in [4.69, 9.17) is 16.3 Å². The zero-order valence-corrected chi connectivity index (χ0v) is 13.7. The van der Waals surface area contributed by atoms with E-state index in [-0.39, 0.29) is 0 Å². The van der Waals surface area contributed by atoms with Crippen LogP contribution in [0.25, 0.3) is 0 Å². The molecule has 21 heavy (non-hydrogen) atoms. The zero-order valence-electron chi connectivity index (χ0n) is 13.0. The van der Waals surface area contributed by atoms with Gasteiger partial charge in [-0.1, -0.05) is 44.4 Å². The first-order chi connectivity index (χ1) is 10.0. The maximum absolute atomic E-state index is 10.4. The van der Waals surface area contributed by atoms with Crippen LogP contribution in [0.4, 0.5) is 0 Å². The van der Waals surface area contributed by atoms with Gasteiger partial charge in [0.05, 0.1) is 5.60 Å². The summed E-state index contributed by atoms with van der Waals surface area (Å²) in [6.07, 6.45) is 3.82. The molecule has 4 heteroatoms. The van der Waals surface area contributed by atoms with Gasteiger partial charge >= 0.3 is 0 Å². The molecule has 0 aromatic heterocycles. The summed E-state index contributed by atoms with van der Waals surface area (Å²) in [5.74, 6) is 1.37. The summed E-state index contributed by atoms with van der Waals surface area (Å²) in [5, 5.41) is 14.5. The molecule has 0 aliphatic heterocycles. The average molecular weight is 312 g/mol. The van der Waals surface area contributed by atoms with E-state index in [0.29, 0.717) is 24.1 Å². The van der Waals surface area contributed by atoms with Gasteiger partial charge in [0.2, 0.25) is 0 Å². The lowest BCUT2D eigenvalue weighted by Crippen LogP contribution is -2.32. The highest BCUT2D eigenvalue weighted by molar-refractivity contribution is 6.31. The van der Waals surface area contributed by atoms with E-state index in [1.165, 1.54) is 0 Å². The Balaban J connectivity index is 1.99. The molecule has 118 valence electrons. The number of hydrogen-bond acceptors (Lipinski definition) is 3. The maximum atomic E-state index is 10.4. The molecule has 0 spiro atoms. The monoisotopic (exact) mass is 311 g/mol. The molecular formula is C17H26ClNO2. The van der Waals surface area contributed by atoms with E-state index in [2.05, 4.69) is 19.2 Å². The first kappa shape index (κ1) is 16.6. The van der Waals surface area contributed by atoms with Crippen molar-refractivity contribution in [2.75, 3.05) is 13.2 Å². The summed E-state index contributed by atoms with van der Waals surface area (Å²) in [7, 11) is 0. The summed E-state index contributed by atoms with van der Waals surface area (Å²) in [4.78, 5) is 0. The van der Waals surface area contributed by atoms with Crippen LogP contribution >= 0.6 is 11.6 Å². The Morgan fingerprint density at radius 3 is 2.71 bits per heavy atom. The summed E-state index contributed by atoms with van der Waals surface area (Å²) in [5.41, 5.74) is 0.312. The second-order valence-corrected chi connectivity index (χ2v) is 6.87. The van der Waals surface area contributed by atoms with Gasteiger partial charge in [-0.15, -0.1) is 0 Å². The van der Waals surface area contributed by atoms with E-state index in [9.17, 15) is 5.11 Å². The summed E-state index contributed by atoms with van der Waals surface area (Å²) < 4.78 is 5.89. The molecule has 1 aromatic rings. The number of nitrogens with one attached hydrogen (secondary N) is 1. The highest BCUT2D eigenvalue weighted by Crippen LogP contribution is 2.32. The summed E-state index contributed by atoms with van der Waals surface area (Å²) in [6, 6.07) is 5.70. The third-order valence-corrected chi connectivity index (χ3v) is 4.31. The summed E-state index contributed by atoms with van der Waals surface area (Å²) >= 11 is 6.29. The molecule has 0 atom stereocenters. The molecule has 0 heterocycles. The lowest BCUT2D eigenvalue weighted by molar-refractivity contribution is 0.00111. The third kappa shape index (κ3) is 4.87. The van der Waals surface area contributed by atoms with Crippen molar-refractivity contribution >= 4 is 11.6 Å². The van der Waals surface area contributed by atoms with Crippen LogP contribution in [0.2, 0.25) is 5.02 Å². The second-order valence-electron chi connectivity index (χ2n) is 6.46. The van der Waals surface area contributed by atoms with Gasteiger partial charge in [-0.05, 0) is 37.4 Å². The predicted octanol–water partition coefficient (Wildman–Crippen LogP) is 3.77. The zero-order chi connectivity index (χ0) is 15.3. The number of ether oxygens (including phenoxy) is 1. The minimum absolute atomic E-state index is 0.352. The van der Waals surface area contributed by atoms with Crippen LogP contribution in [0.3, 0.4) is 0 Å². The number of hydrogen-bond donors (Lipinski definition) is 2. The van der Waals surface area contributed by atoms with Gasteiger partial charge < -0.3 is 15.2 Å². The van der Waals surface area contributed by atoms with Crippen molar-refractivity contribution in [3.8, 4) is 5.75 Å². The third-order valence-electron chi connectivity index (χ3n) is 3.96. The van der Waals surface area contributed by atoms with Crippen LogP contribution in [0.1, 0.15) is 45.1 Å². The Bertz CT molecular complexity index is 456. The van der Waals surface area contributed by atoms with Crippen molar-refractivity contribution in [2.24, 2.45) is 5.92 Å². The van der Waals surface area contributed by atoms with Crippen molar-refractivity contribution in [1.82, 2.24) is 5.32 Å². The molecule has 0 amide bonds. The van der Waals surface area contributed by atoms with E-state index in [0.717, 1.165) is 43.5 Å². The van der Waals surface area contributed by atoms with Gasteiger partial charge in [-0.3, -0.25) is 0 Å². The van der Waals surface area contributed by atoms with E-state index >= 15 is 0 Å². The van der Waals surface area contributed by atoms with Gasteiger partial charge in [-0.25, -0.2) is 0 Å². The van der Waals surface area contributed by atoms with Gasteiger partial charge in [0.1, 0.15) is 12.4 Å². The topological polar surface area (TPSA) is 41.5 Å². The fraction of sp³-hybridized carbons (Fsp3) is 0.647. The Morgan fingerprint density at radius 2 is 2.05 bits per heavy atom. The molecule has 0 saturated heterocycles. The number of halogens is 1. The molecular weight excluding hydrogens is 286 g/mol. The largest absolute Gasteiger partial charge is 0.490 e. The molecule has 1 saturated carbocycles. The molecule has 0 bridgehead atoms. The van der Waals surface area contributed by atoms with E-state index < -0.39 is 5.60 Å². The number of benzene rings is 1. The molecule has 2 rings (SSSR count). The number of rotatable bonds is 7. The standard InChI is InChI=1S/C17H26ClNO2/c1-13(2)10-19-11-14-15(18)6-5-7-16(14)21-12-17(20)8-3-4-9-17/h5-7,13,19-20H,3-4,8-12H2,1-2H3. The first-order valence-electron chi connectivity index (χ1n) is 7.83. The van der Waals surface area contributed by atoms with Crippen LogP contribution in [-0.2, 0) is 6.54 Å². The SMILES string of the molecule is CC(C)CNCc1c(Cl)cccc1OCC1(O)CCCC1. The van der Waals surface area contributed by atoms with Crippen LogP contribution in [0.5, 0.6) is 5.75 Å². The van der Waals surface area contributed by atoms with Gasteiger partial charge in [0, 0.05) is 17.1 Å². The maximum Gasteiger partial charge on any atom is 0.125 e. The Kier molecular flexibility index (Phi) is 5.91. The fourth-order valence-electron chi connectivity index (χ4n) is 2.72. The highest BCUT2D eigenvalue weighted by Gasteiger charge is 2.32. The van der Waals surface area contributed by atoms with Crippen molar-refractivity contribution in [2.45, 2.75) is 51.7 Å². The lowest BCUT2D eigenvalue weighted by atomic mass is 10.0. The Labute approximate surface area is 132 Å². The first-order valence-corrected chi connectivity index (χ1v) is 8.21. The Hall–Kier alpha value is -0.770. The molecule has 1 aromatic carbocycles. The quantitative estimate of drug-likeness (QED) is 0.805. The van der Waals surface area contributed by atoms with E-state index in [1.54, 1.807) is 0 Å². The average Bonchev–Trinajstić information content (AvgIpc) is 2.86. The molecule has 1 aliphatic carbocycles. The van der Waals surface area contributed by atoms with Crippen LogP contribution in [0.15, 0.2) is 18.2 Å². The number of aliphatic hydroxyl groups is 1. The minimum Gasteiger partial charge on any atom is -0.490 e. The predicted molar refractivity (Wildman–Crippen MR) is 86.9 cm³/mol. The normalized spacial score (nSPS) is 17.4. The highest BCUT2D eigenvalue weighted by atomic mass is 35.5. The molecule has 3 nitrogen and oxygen atoms in total. The minimum atomic E-state index is -0.662. The molecule has 1 fully saturated rings. The Morgan fingerprint density at radius 1 is 1.33 bits per heavy atom. The van der Waals surface area contributed by atoms with Crippen molar-refractivity contribution in [1.29, 1.82) is 0 Å². The van der Waals surface area contributed by atoms with Gasteiger partial charge in [0.15, 0.2) is 0 Å². The fourth-order valence-corrected chi connectivity index (χ4v) is 2.95. The van der Waals surface area contributed by atoms with Crippen LogP contribution in [0, 0.1) is 5.92 Å². The molecule has 0 unspecified atom stereocenters. The molecule has 0 radical (unpaired) electrons. The molecule has 1 aliphatic rings. The lowest BCUT2D eigenvalue weighted by Gasteiger charge is -2.23.